The van der Waals surface area contributed by atoms with Crippen molar-refractivity contribution in [1.29, 1.82) is 0 Å². The first-order valence-electron chi connectivity index (χ1n) is 6.09. The molecule has 1 rings (SSSR count). The number of nitrogens with zero attached hydrogens (tertiary/aromatic N) is 1. The number of carbonyl (C=O) groups is 1. The molecule has 0 aromatic rings. The van der Waals surface area contributed by atoms with Crippen LogP contribution in [0.5, 0.6) is 0 Å². The summed E-state index contributed by atoms with van der Waals surface area (Å²) in [7, 11) is 0. The van der Waals surface area contributed by atoms with E-state index in [4.69, 9.17) is 10.6 Å². The number of amides is 1. The highest BCUT2D eigenvalue weighted by atomic mass is 16.5. The molecular formula is C11H23N3O2. The van der Waals surface area contributed by atoms with Gasteiger partial charge in [0.1, 0.15) is 0 Å². The van der Waals surface area contributed by atoms with Gasteiger partial charge in [0, 0.05) is 26.1 Å². The fraction of sp³-hybridized carbons (Fsp3) is 0.909. The van der Waals surface area contributed by atoms with Gasteiger partial charge in [0.15, 0.2) is 0 Å². The van der Waals surface area contributed by atoms with E-state index in [0.717, 1.165) is 45.5 Å². The van der Waals surface area contributed by atoms with E-state index in [-0.39, 0.29) is 5.91 Å². The number of ether oxygens (including phenoxy) is 1. The molecule has 3 N–H and O–H groups in total. The van der Waals surface area contributed by atoms with Crippen molar-refractivity contribution in [1.82, 2.24) is 10.3 Å². The van der Waals surface area contributed by atoms with E-state index in [0.29, 0.717) is 12.5 Å². The van der Waals surface area contributed by atoms with Gasteiger partial charge >= 0.3 is 0 Å². The molecule has 5 nitrogen and oxygen atoms in total. The second-order valence-electron chi connectivity index (χ2n) is 4.17. The minimum Gasteiger partial charge on any atom is -0.378 e. The Kier molecular flexibility index (Phi) is 6.37. The molecule has 1 aliphatic rings. The molecule has 94 valence electrons. The lowest BCUT2D eigenvalue weighted by molar-refractivity contribution is -0.121. The van der Waals surface area contributed by atoms with E-state index < -0.39 is 0 Å². The molecule has 0 unspecified atom stereocenters. The molecule has 0 aliphatic carbocycles. The van der Waals surface area contributed by atoms with Crippen LogP contribution in [0.4, 0.5) is 0 Å². The van der Waals surface area contributed by atoms with Crippen molar-refractivity contribution in [3.05, 3.63) is 0 Å². The minimum absolute atomic E-state index is 0.0794. The summed E-state index contributed by atoms with van der Waals surface area (Å²) in [6.07, 6.45) is 4.05. The van der Waals surface area contributed by atoms with Gasteiger partial charge in [-0.2, -0.15) is 0 Å². The molecular weight excluding hydrogens is 206 g/mol. The van der Waals surface area contributed by atoms with Crippen LogP contribution >= 0.6 is 0 Å². The van der Waals surface area contributed by atoms with Crippen molar-refractivity contribution >= 4 is 5.91 Å². The van der Waals surface area contributed by atoms with Gasteiger partial charge in [0.25, 0.3) is 0 Å². The van der Waals surface area contributed by atoms with Crippen LogP contribution in [0.15, 0.2) is 0 Å². The summed E-state index contributed by atoms with van der Waals surface area (Å²) in [5.41, 5.74) is 2.15. The third-order valence-corrected chi connectivity index (χ3v) is 2.98. The van der Waals surface area contributed by atoms with Crippen LogP contribution in [0.3, 0.4) is 0 Å². The average molecular weight is 229 g/mol. The molecule has 1 heterocycles. The van der Waals surface area contributed by atoms with E-state index in [9.17, 15) is 4.79 Å². The number of hydrogen-bond donors (Lipinski definition) is 2. The standard InChI is InChI=1S/C11H23N3O2/c1-2-16-10-5-8-14(9-6-10)7-3-4-11(15)13-12/h10H,2-9,12H2,1H3,(H,13,15). The van der Waals surface area contributed by atoms with Gasteiger partial charge in [-0.3, -0.25) is 10.2 Å². The summed E-state index contributed by atoms with van der Waals surface area (Å²) < 4.78 is 5.58. The normalized spacial score (nSPS) is 18.6. The van der Waals surface area contributed by atoms with Crippen molar-refractivity contribution in [2.75, 3.05) is 26.2 Å². The Balaban J connectivity index is 2.06. The fourth-order valence-electron chi connectivity index (χ4n) is 2.07. The van der Waals surface area contributed by atoms with Gasteiger partial charge in [0.2, 0.25) is 5.91 Å². The van der Waals surface area contributed by atoms with E-state index in [1.807, 2.05) is 6.92 Å². The van der Waals surface area contributed by atoms with Gasteiger partial charge in [-0.15, -0.1) is 0 Å². The molecule has 1 amide bonds. The zero-order valence-electron chi connectivity index (χ0n) is 10.1. The first-order valence-corrected chi connectivity index (χ1v) is 6.09. The van der Waals surface area contributed by atoms with Crippen LogP contribution in [0.2, 0.25) is 0 Å². The largest absolute Gasteiger partial charge is 0.378 e. The third-order valence-electron chi connectivity index (χ3n) is 2.98. The molecule has 0 aromatic carbocycles. The maximum absolute atomic E-state index is 10.9. The lowest BCUT2D eigenvalue weighted by Gasteiger charge is -2.31. The highest BCUT2D eigenvalue weighted by Gasteiger charge is 2.18. The van der Waals surface area contributed by atoms with Gasteiger partial charge < -0.3 is 9.64 Å². The van der Waals surface area contributed by atoms with Crippen molar-refractivity contribution in [2.24, 2.45) is 5.84 Å². The fourth-order valence-corrected chi connectivity index (χ4v) is 2.07. The SMILES string of the molecule is CCOC1CCN(CCCC(=O)NN)CC1. The second kappa shape index (κ2) is 7.60. The Bertz CT molecular complexity index is 203. The molecule has 0 atom stereocenters. The number of hydrazine groups is 1. The quantitative estimate of drug-likeness (QED) is 0.389. The van der Waals surface area contributed by atoms with Crippen LogP contribution < -0.4 is 11.3 Å². The van der Waals surface area contributed by atoms with Crippen LogP contribution in [0, 0.1) is 0 Å². The number of nitrogens with one attached hydrogen (secondary N) is 1. The van der Waals surface area contributed by atoms with E-state index in [2.05, 4.69) is 10.3 Å². The van der Waals surface area contributed by atoms with Crippen LogP contribution in [0.25, 0.3) is 0 Å². The molecule has 0 spiro atoms. The van der Waals surface area contributed by atoms with Crippen molar-refractivity contribution in [2.45, 2.75) is 38.7 Å². The zero-order chi connectivity index (χ0) is 11.8. The first kappa shape index (κ1) is 13.4. The number of carbonyl (C=O) groups excluding carboxylic acids is 1. The monoisotopic (exact) mass is 229 g/mol. The van der Waals surface area contributed by atoms with Gasteiger partial charge in [-0.25, -0.2) is 5.84 Å². The van der Waals surface area contributed by atoms with Gasteiger partial charge in [-0.05, 0) is 32.7 Å². The Labute approximate surface area is 97.3 Å². The molecule has 0 radical (unpaired) electrons. The van der Waals surface area contributed by atoms with Crippen molar-refractivity contribution in [3.63, 3.8) is 0 Å². The number of likely N-dealkylation sites (tertiary alicyclic amines) is 1. The van der Waals surface area contributed by atoms with E-state index in [1.165, 1.54) is 0 Å². The minimum atomic E-state index is -0.0794. The lowest BCUT2D eigenvalue weighted by atomic mass is 10.1. The first-order chi connectivity index (χ1) is 7.76. The maximum atomic E-state index is 10.9. The van der Waals surface area contributed by atoms with Crippen LogP contribution in [-0.4, -0.2) is 43.2 Å². The molecule has 0 bridgehead atoms. The van der Waals surface area contributed by atoms with Crippen LogP contribution in [-0.2, 0) is 9.53 Å². The van der Waals surface area contributed by atoms with Crippen LogP contribution in [0.1, 0.15) is 32.6 Å². The second-order valence-corrected chi connectivity index (χ2v) is 4.17. The Morgan fingerprint density at radius 2 is 2.19 bits per heavy atom. The van der Waals surface area contributed by atoms with Crippen molar-refractivity contribution in [3.8, 4) is 0 Å². The molecule has 0 aromatic heterocycles. The maximum Gasteiger partial charge on any atom is 0.233 e. The summed E-state index contributed by atoms with van der Waals surface area (Å²) >= 11 is 0. The van der Waals surface area contributed by atoms with Gasteiger partial charge in [0.05, 0.1) is 6.10 Å². The predicted octanol–water partition coefficient (Wildman–Crippen LogP) is 0.257. The smallest absolute Gasteiger partial charge is 0.233 e. The van der Waals surface area contributed by atoms with Crippen molar-refractivity contribution < 1.29 is 9.53 Å². The summed E-state index contributed by atoms with van der Waals surface area (Å²) in [5.74, 6) is 4.93. The Morgan fingerprint density at radius 3 is 2.75 bits per heavy atom. The number of hydrogen-bond acceptors (Lipinski definition) is 4. The third kappa shape index (κ3) is 4.92. The lowest BCUT2D eigenvalue weighted by Crippen LogP contribution is -2.38. The summed E-state index contributed by atoms with van der Waals surface area (Å²) in [6.45, 7) is 5.98. The summed E-state index contributed by atoms with van der Waals surface area (Å²) in [4.78, 5) is 13.3. The molecule has 16 heavy (non-hydrogen) atoms. The number of nitrogens with two attached hydrogens (primary N) is 1. The molecule has 1 saturated heterocycles. The molecule has 1 fully saturated rings. The average Bonchev–Trinajstić information content (AvgIpc) is 2.31. The number of piperidine rings is 1. The highest BCUT2D eigenvalue weighted by Crippen LogP contribution is 2.13. The summed E-state index contributed by atoms with van der Waals surface area (Å²) in [6, 6.07) is 0. The zero-order valence-corrected chi connectivity index (χ0v) is 10.1. The molecule has 1 aliphatic heterocycles. The number of rotatable bonds is 6. The van der Waals surface area contributed by atoms with Gasteiger partial charge in [-0.1, -0.05) is 0 Å². The molecule has 5 heteroatoms. The topological polar surface area (TPSA) is 67.6 Å². The Morgan fingerprint density at radius 1 is 1.50 bits per heavy atom. The molecule has 0 saturated carbocycles. The van der Waals surface area contributed by atoms with E-state index in [1.54, 1.807) is 0 Å². The van der Waals surface area contributed by atoms with E-state index >= 15 is 0 Å². The summed E-state index contributed by atoms with van der Waals surface area (Å²) in [5, 5.41) is 0. The predicted molar refractivity (Wildman–Crippen MR) is 62.7 cm³/mol. The Hall–Kier alpha value is -0.650. The highest BCUT2D eigenvalue weighted by molar-refractivity contribution is 5.75.